The van der Waals surface area contributed by atoms with Crippen LogP contribution in [0.4, 0.5) is 0 Å². The molecule has 1 aliphatic rings. The van der Waals surface area contributed by atoms with Gasteiger partial charge < -0.3 is 9.47 Å². The molecule has 1 saturated carbocycles. The Bertz CT molecular complexity index is 610. The van der Waals surface area contributed by atoms with Crippen LogP contribution < -0.4 is 4.74 Å². The van der Waals surface area contributed by atoms with E-state index in [1.165, 1.54) is 24.8 Å². The molecule has 0 aliphatic heterocycles. The Morgan fingerprint density at radius 3 is 2.26 bits per heavy atom. The summed E-state index contributed by atoms with van der Waals surface area (Å²) in [6.07, 6.45) is 12.2. The van der Waals surface area contributed by atoms with Gasteiger partial charge in [-0.3, -0.25) is 0 Å². The summed E-state index contributed by atoms with van der Waals surface area (Å²) >= 11 is 0. The number of benzene rings is 1. The fourth-order valence-electron chi connectivity index (χ4n) is 3.53. The van der Waals surface area contributed by atoms with Crippen molar-refractivity contribution in [2.75, 3.05) is 0 Å². The Kier molecular flexibility index (Phi) is 9.09. The number of hydrogen-bond donors (Lipinski definition) is 0. The zero-order valence-corrected chi connectivity index (χ0v) is 16.6. The molecule has 2 rings (SSSR count). The van der Waals surface area contributed by atoms with Crippen molar-refractivity contribution in [1.82, 2.24) is 0 Å². The molecule has 1 fully saturated rings. The van der Waals surface area contributed by atoms with E-state index < -0.39 is 11.9 Å². The van der Waals surface area contributed by atoms with Crippen LogP contribution >= 0.6 is 0 Å². The van der Waals surface area contributed by atoms with Gasteiger partial charge in [-0.2, -0.15) is 0 Å². The van der Waals surface area contributed by atoms with Gasteiger partial charge >= 0.3 is 11.9 Å². The van der Waals surface area contributed by atoms with Gasteiger partial charge in [-0.25, -0.2) is 9.59 Å². The van der Waals surface area contributed by atoms with Gasteiger partial charge in [0.1, 0.15) is 11.9 Å². The summed E-state index contributed by atoms with van der Waals surface area (Å²) in [7, 11) is 0. The summed E-state index contributed by atoms with van der Waals surface area (Å²) in [6, 6.07) is 7.43. The molecule has 1 aromatic rings. The molecular formula is C23H32O4. The van der Waals surface area contributed by atoms with E-state index in [4.69, 9.17) is 9.47 Å². The van der Waals surface area contributed by atoms with E-state index in [0.717, 1.165) is 56.6 Å². The van der Waals surface area contributed by atoms with Gasteiger partial charge in [-0.05, 0) is 55.7 Å². The number of ether oxygens (including phenoxy) is 2. The Morgan fingerprint density at radius 1 is 0.963 bits per heavy atom. The van der Waals surface area contributed by atoms with Crippen molar-refractivity contribution in [2.24, 2.45) is 5.92 Å². The lowest BCUT2D eigenvalue weighted by atomic mass is 9.84. The SMILES string of the molecule is CCCCC1CCC(OC(=O)/C=C/C(=O)Oc2ccc(CCC)cc2)CC1. The first kappa shape index (κ1) is 21.2. The predicted molar refractivity (Wildman–Crippen MR) is 107 cm³/mol. The number of rotatable bonds is 9. The van der Waals surface area contributed by atoms with Gasteiger partial charge in [-0.15, -0.1) is 0 Å². The van der Waals surface area contributed by atoms with Crippen LogP contribution in [0.5, 0.6) is 5.75 Å². The van der Waals surface area contributed by atoms with Crippen molar-refractivity contribution in [3.8, 4) is 5.75 Å². The third-order valence-corrected chi connectivity index (χ3v) is 5.08. The summed E-state index contributed by atoms with van der Waals surface area (Å²) in [5.41, 5.74) is 1.21. The van der Waals surface area contributed by atoms with Crippen molar-refractivity contribution in [3.05, 3.63) is 42.0 Å². The lowest BCUT2D eigenvalue weighted by Gasteiger charge is -2.27. The molecule has 0 radical (unpaired) electrons. The number of aryl methyl sites for hydroxylation is 1. The molecule has 4 nitrogen and oxygen atoms in total. The number of hydrogen-bond acceptors (Lipinski definition) is 4. The zero-order valence-electron chi connectivity index (χ0n) is 16.6. The minimum absolute atomic E-state index is 0.0258. The third kappa shape index (κ3) is 7.98. The molecule has 148 valence electrons. The van der Waals surface area contributed by atoms with Gasteiger partial charge in [0.2, 0.25) is 0 Å². The maximum Gasteiger partial charge on any atom is 0.336 e. The lowest BCUT2D eigenvalue weighted by Crippen LogP contribution is -2.24. The highest BCUT2D eigenvalue weighted by atomic mass is 16.5. The normalized spacial score (nSPS) is 19.8. The van der Waals surface area contributed by atoms with Crippen LogP contribution in [0.1, 0.15) is 70.8 Å². The minimum Gasteiger partial charge on any atom is -0.459 e. The fourth-order valence-corrected chi connectivity index (χ4v) is 3.53. The van der Waals surface area contributed by atoms with E-state index in [9.17, 15) is 9.59 Å². The quantitative estimate of drug-likeness (QED) is 0.331. The van der Waals surface area contributed by atoms with Crippen molar-refractivity contribution in [3.63, 3.8) is 0 Å². The Morgan fingerprint density at radius 2 is 1.63 bits per heavy atom. The lowest BCUT2D eigenvalue weighted by molar-refractivity contribution is -0.145. The summed E-state index contributed by atoms with van der Waals surface area (Å²) in [4.78, 5) is 23.8. The fraction of sp³-hybridized carbons (Fsp3) is 0.565. The summed E-state index contributed by atoms with van der Waals surface area (Å²) in [5.74, 6) is 0.207. The molecule has 0 atom stereocenters. The second kappa shape index (κ2) is 11.6. The molecule has 0 bridgehead atoms. The number of unbranched alkanes of at least 4 members (excludes halogenated alkanes) is 1. The second-order valence-electron chi connectivity index (χ2n) is 7.37. The van der Waals surface area contributed by atoms with Crippen LogP contribution in [0.2, 0.25) is 0 Å². The average molecular weight is 373 g/mol. The van der Waals surface area contributed by atoms with Gasteiger partial charge in [0, 0.05) is 12.2 Å². The van der Waals surface area contributed by atoms with E-state index >= 15 is 0 Å². The van der Waals surface area contributed by atoms with E-state index in [0.29, 0.717) is 5.75 Å². The van der Waals surface area contributed by atoms with Crippen LogP contribution in [-0.2, 0) is 20.7 Å². The molecule has 0 N–H and O–H groups in total. The van der Waals surface area contributed by atoms with Gasteiger partial charge in [0.15, 0.2) is 0 Å². The maximum atomic E-state index is 11.9. The molecule has 0 unspecified atom stereocenters. The first-order valence-electron chi connectivity index (χ1n) is 10.3. The van der Waals surface area contributed by atoms with Crippen molar-refractivity contribution < 1.29 is 19.1 Å². The summed E-state index contributed by atoms with van der Waals surface area (Å²) < 4.78 is 10.7. The Labute approximate surface area is 162 Å². The minimum atomic E-state index is -0.571. The number of esters is 2. The molecule has 0 spiro atoms. The van der Waals surface area contributed by atoms with Crippen molar-refractivity contribution in [1.29, 1.82) is 0 Å². The molecule has 0 amide bonds. The summed E-state index contributed by atoms with van der Waals surface area (Å²) in [5, 5.41) is 0. The van der Waals surface area contributed by atoms with Gasteiger partial charge in [-0.1, -0.05) is 51.7 Å². The first-order chi connectivity index (χ1) is 13.1. The van der Waals surface area contributed by atoms with Crippen LogP contribution in [0.3, 0.4) is 0 Å². The maximum absolute atomic E-state index is 11.9. The van der Waals surface area contributed by atoms with E-state index in [-0.39, 0.29) is 6.10 Å². The number of carbonyl (C=O) groups is 2. The van der Waals surface area contributed by atoms with Gasteiger partial charge in [0.25, 0.3) is 0 Å². The molecular weight excluding hydrogens is 340 g/mol. The van der Waals surface area contributed by atoms with Crippen molar-refractivity contribution >= 4 is 11.9 Å². The Balaban J connectivity index is 1.70. The van der Waals surface area contributed by atoms with Crippen LogP contribution in [0.15, 0.2) is 36.4 Å². The van der Waals surface area contributed by atoms with E-state index in [2.05, 4.69) is 13.8 Å². The molecule has 0 heterocycles. The standard InChI is InChI=1S/C23H32O4/c1-3-5-7-19-10-14-21(15-11-19)27-23(25)17-16-22(24)26-20-12-8-18(6-4-2)9-13-20/h8-9,12-13,16-17,19,21H,3-7,10-11,14-15H2,1-2H3/b17-16+. The third-order valence-electron chi connectivity index (χ3n) is 5.08. The largest absolute Gasteiger partial charge is 0.459 e. The molecule has 0 aromatic heterocycles. The van der Waals surface area contributed by atoms with E-state index in [1.807, 2.05) is 12.1 Å². The zero-order chi connectivity index (χ0) is 19.5. The van der Waals surface area contributed by atoms with Crippen LogP contribution in [0, 0.1) is 5.92 Å². The first-order valence-corrected chi connectivity index (χ1v) is 10.3. The molecule has 1 aromatic carbocycles. The molecule has 4 heteroatoms. The topological polar surface area (TPSA) is 52.6 Å². The highest BCUT2D eigenvalue weighted by Gasteiger charge is 2.23. The second-order valence-corrected chi connectivity index (χ2v) is 7.37. The van der Waals surface area contributed by atoms with Crippen molar-refractivity contribution in [2.45, 2.75) is 77.7 Å². The molecule has 0 saturated heterocycles. The van der Waals surface area contributed by atoms with Crippen LogP contribution in [0.25, 0.3) is 0 Å². The van der Waals surface area contributed by atoms with Gasteiger partial charge in [0.05, 0.1) is 0 Å². The van der Waals surface area contributed by atoms with Crippen LogP contribution in [-0.4, -0.2) is 18.0 Å². The Hall–Kier alpha value is -2.10. The monoisotopic (exact) mass is 372 g/mol. The molecule has 1 aliphatic carbocycles. The number of carbonyl (C=O) groups excluding carboxylic acids is 2. The predicted octanol–water partition coefficient (Wildman–Crippen LogP) is 5.39. The average Bonchev–Trinajstić information content (AvgIpc) is 2.68. The highest BCUT2D eigenvalue weighted by molar-refractivity contribution is 5.92. The highest BCUT2D eigenvalue weighted by Crippen LogP contribution is 2.29. The summed E-state index contributed by atoms with van der Waals surface area (Å²) in [6.45, 7) is 4.34. The molecule has 27 heavy (non-hydrogen) atoms. The van der Waals surface area contributed by atoms with E-state index in [1.54, 1.807) is 12.1 Å². The smallest absolute Gasteiger partial charge is 0.336 e.